The van der Waals surface area contributed by atoms with E-state index in [2.05, 4.69) is 55.2 Å². The van der Waals surface area contributed by atoms with Gasteiger partial charge in [0.15, 0.2) is 0 Å². The van der Waals surface area contributed by atoms with Crippen LogP contribution in [0.15, 0.2) is 47.5 Å². The van der Waals surface area contributed by atoms with Crippen molar-refractivity contribution in [2.75, 3.05) is 19.5 Å². The molecule has 1 atom stereocenters. The van der Waals surface area contributed by atoms with Gasteiger partial charge < -0.3 is 15.2 Å². The average molecular weight is 470 g/mol. The molecule has 0 saturated heterocycles. The van der Waals surface area contributed by atoms with E-state index >= 15 is 0 Å². The number of ether oxygens (including phenoxy) is 2. The smallest absolute Gasteiger partial charge is 0.149 e. The summed E-state index contributed by atoms with van der Waals surface area (Å²) in [6, 6.07) is 15.6. The van der Waals surface area contributed by atoms with Crippen LogP contribution in [0.2, 0.25) is 0 Å². The van der Waals surface area contributed by atoms with E-state index in [1.54, 1.807) is 7.11 Å². The lowest BCUT2D eigenvalue weighted by Gasteiger charge is -2.13. The maximum atomic E-state index is 6.33. The third kappa shape index (κ3) is 5.19. The van der Waals surface area contributed by atoms with Crippen LogP contribution >= 0.6 is 0 Å². The molecule has 0 amide bonds. The fraction of sp³-hybridized carbons (Fsp3) is 0.400. The third-order valence-electron chi connectivity index (χ3n) is 6.90. The standard InChI is InChI=1S/C30H35N3O2/c1-4-6-20-7-5-8-22(13-20)29-30-26(19(2)18-35-30)16-25(33-29)10-9-21-14-23(17-32-24-11-12-24)28(31)27(15-21)34-3/h5,7-8,13-17,19,24H,4,6,9-12,18,31H2,1-3H3. The fourth-order valence-electron chi connectivity index (χ4n) is 4.72. The molecule has 2 aromatic carbocycles. The normalized spacial score (nSPS) is 16.9. The summed E-state index contributed by atoms with van der Waals surface area (Å²) in [5.41, 5.74) is 14.9. The van der Waals surface area contributed by atoms with Gasteiger partial charge in [-0.1, -0.05) is 38.5 Å². The number of aromatic nitrogens is 1. The zero-order valence-corrected chi connectivity index (χ0v) is 21.0. The van der Waals surface area contributed by atoms with Crippen molar-refractivity contribution < 1.29 is 9.47 Å². The summed E-state index contributed by atoms with van der Waals surface area (Å²) in [5.74, 6) is 2.02. The molecule has 1 aromatic heterocycles. The van der Waals surface area contributed by atoms with Crippen LogP contribution in [0.4, 0.5) is 5.69 Å². The summed E-state index contributed by atoms with van der Waals surface area (Å²) in [6.07, 6.45) is 8.11. The number of aryl methyl sites for hydroxylation is 3. The molecule has 1 fully saturated rings. The molecule has 1 aliphatic heterocycles. The van der Waals surface area contributed by atoms with Crippen molar-refractivity contribution >= 4 is 11.9 Å². The first-order chi connectivity index (χ1) is 17.1. The van der Waals surface area contributed by atoms with Crippen molar-refractivity contribution in [2.45, 2.75) is 64.3 Å². The van der Waals surface area contributed by atoms with Crippen molar-refractivity contribution in [1.29, 1.82) is 0 Å². The first-order valence-electron chi connectivity index (χ1n) is 12.8. The van der Waals surface area contributed by atoms with Gasteiger partial charge in [0.05, 0.1) is 25.4 Å². The number of benzene rings is 2. The molecule has 2 aliphatic rings. The molecule has 182 valence electrons. The maximum Gasteiger partial charge on any atom is 0.149 e. The minimum atomic E-state index is 0.367. The number of nitrogen functional groups attached to an aromatic ring is 1. The van der Waals surface area contributed by atoms with E-state index in [1.165, 1.54) is 29.5 Å². The molecule has 1 unspecified atom stereocenters. The highest BCUT2D eigenvalue weighted by atomic mass is 16.5. The second kappa shape index (κ2) is 10.1. The molecule has 5 nitrogen and oxygen atoms in total. The molecule has 5 rings (SSSR count). The lowest BCUT2D eigenvalue weighted by molar-refractivity contribution is 0.337. The van der Waals surface area contributed by atoms with Crippen LogP contribution in [0, 0.1) is 0 Å². The van der Waals surface area contributed by atoms with E-state index in [4.69, 9.17) is 20.2 Å². The summed E-state index contributed by atoms with van der Waals surface area (Å²) in [4.78, 5) is 9.74. The zero-order valence-electron chi connectivity index (χ0n) is 21.0. The number of anilines is 1. The Morgan fingerprint density at radius 1 is 1.11 bits per heavy atom. The minimum absolute atomic E-state index is 0.367. The van der Waals surface area contributed by atoms with Crippen LogP contribution < -0.4 is 15.2 Å². The topological polar surface area (TPSA) is 69.7 Å². The lowest BCUT2D eigenvalue weighted by atomic mass is 9.97. The molecule has 2 heterocycles. The lowest BCUT2D eigenvalue weighted by Crippen LogP contribution is -2.03. The van der Waals surface area contributed by atoms with Gasteiger partial charge in [0.1, 0.15) is 17.2 Å². The van der Waals surface area contributed by atoms with E-state index in [0.717, 1.165) is 53.9 Å². The Morgan fingerprint density at radius 3 is 2.74 bits per heavy atom. The van der Waals surface area contributed by atoms with Crippen LogP contribution in [0.25, 0.3) is 11.3 Å². The van der Waals surface area contributed by atoms with Crippen LogP contribution in [-0.4, -0.2) is 31.0 Å². The van der Waals surface area contributed by atoms with Gasteiger partial charge in [-0.05, 0) is 67.5 Å². The molecule has 0 bridgehead atoms. The second-order valence-corrected chi connectivity index (χ2v) is 9.85. The number of rotatable bonds is 9. The maximum absolute atomic E-state index is 6.33. The Hall–Kier alpha value is -3.34. The van der Waals surface area contributed by atoms with Gasteiger partial charge in [-0.2, -0.15) is 0 Å². The third-order valence-corrected chi connectivity index (χ3v) is 6.90. The molecule has 35 heavy (non-hydrogen) atoms. The molecule has 1 saturated carbocycles. The van der Waals surface area contributed by atoms with Gasteiger partial charge in [0.25, 0.3) is 0 Å². The summed E-state index contributed by atoms with van der Waals surface area (Å²) in [5, 5.41) is 0. The number of aliphatic imine (C=N–C) groups is 1. The first kappa shape index (κ1) is 23.4. The van der Waals surface area contributed by atoms with E-state index in [1.807, 2.05) is 12.3 Å². The predicted octanol–water partition coefficient (Wildman–Crippen LogP) is 6.15. The van der Waals surface area contributed by atoms with E-state index in [0.29, 0.717) is 30.0 Å². The summed E-state index contributed by atoms with van der Waals surface area (Å²) in [6.45, 7) is 5.15. The Kier molecular flexibility index (Phi) is 6.76. The summed E-state index contributed by atoms with van der Waals surface area (Å²) >= 11 is 0. The Balaban J connectivity index is 1.44. The van der Waals surface area contributed by atoms with Gasteiger partial charge in [0, 0.05) is 34.5 Å². The van der Waals surface area contributed by atoms with Crippen molar-refractivity contribution in [3.8, 4) is 22.8 Å². The zero-order chi connectivity index (χ0) is 24.4. The molecule has 3 aromatic rings. The molecule has 0 spiro atoms. The van der Waals surface area contributed by atoms with Gasteiger partial charge in [-0.25, -0.2) is 4.98 Å². The van der Waals surface area contributed by atoms with E-state index < -0.39 is 0 Å². The van der Waals surface area contributed by atoms with Crippen molar-refractivity contribution in [2.24, 2.45) is 4.99 Å². The van der Waals surface area contributed by atoms with Crippen LogP contribution in [0.5, 0.6) is 11.5 Å². The van der Waals surface area contributed by atoms with Gasteiger partial charge >= 0.3 is 0 Å². The number of methoxy groups -OCH3 is 1. The number of fused-ring (bicyclic) bond motifs is 1. The van der Waals surface area contributed by atoms with Crippen molar-refractivity contribution in [3.05, 3.63) is 70.4 Å². The Morgan fingerprint density at radius 2 is 1.97 bits per heavy atom. The monoisotopic (exact) mass is 469 g/mol. The Bertz CT molecular complexity index is 1250. The molecular weight excluding hydrogens is 434 g/mol. The number of nitrogens with zero attached hydrogens (tertiary/aromatic N) is 2. The summed E-state index contributed by atoms with van der Waals surface area (Å²) in [7, 11) is 1.67. The first-order valence-corrected chi connectivity index (χ1v) is 12.8. The van der Waals surface area contributed by atoms with Crippen LogP contribution in [-0.2, 0) is 19.3 Å². The highest BCUT2D eigenvalue weighted by molar-refractivity contribution is 5.89. The molecular formula is C30H35N3O2. The minimum Gasteiger partial charge on any atom is -0.495 e. The number of nitrogens with two attached hydrogens (primary N) is 1. The van der Waals surface area contributed by atoms with Crippen LogP contribution in [0.3, 0.4) is 0 Å². The average Bonchev–Trinajstić information content (AvgIpc) is 3.63. The Labute approximate surface area is 208 Å². The van der Waals surface area contributed by atoms with Crippen molar-refractivity contribution in [3.63, 3.8) is 0 Å². The quantitative estimate of drug-likeness (QED) is 0.301. The second-order valence-electron chi connectivity index (χ2n) is 9.85. The SMILES string of the molecule is CCCc1cccc(-c2nc(CCc3cc(C=NC4CC4)c(N)c(OC)c3)cc3c2OCC3C)c1. The van der Waals surface area contributed by atoms with Crippen LogP contribution in [0.1, 0.15) is 67.0 Å². The highest BCUT2D eigenvalue weighted by Crippen LogP contribution is 2.41. The predicted molar refractivity (Wildman–Crippen MR) is 143 cm³/mol. The fourth-order valence-corrected chi connectivity index (χ4v) is 4.72. The number of hydrogen-bond donors (Lipinski definition) is 1. The van der Waals surface area contributed by atoms with Gasteiger partial charge in [-0.3, -0.25) is 4.99 Å². The molecule has 2 N–H and O–H groups in total. The highest BCUT2D eigenvalue weighted by Gasteiger charge is 2.26. The molecule has 1 aliphatic carbocycles. The largest absolute Gasteiger partial charge is 0.495 e. The summed E-state index contributed by atoms with van der Waals surface area (Å²) < 4.78 is 11.7. The van der Waals surface area contributed by atoms with E-state index in [9.17, 15) is 0 Å². The van der Waals surface area contributed by atoms with Gasteiger partial charge in [0.2, 0.25) is 0 Å². The van der Waals surface area contributed by atoms with Gasteiger partial charge in [-0.15, -0.1) is 0 Å². The number of hydrogen-bond acceptors (Lipinski definition) is 5. The molecule has 0 radical (unpaired) electrons. The number of pyridine rings is 1. The van der Waals surface area contributed by atoms with E-state index in [-0.39, 0.29) is 0 Å². The molecule has 5 heteroatoms. The van der Waals surface area contributed by atoms with Crippen molar-refractivity contribution in [1.82, 2.24) is 4.98 Å².